The van der Waals surface area contributed by atoms with Crippen molar-refractivity contribution in [1.29, 1.82) is 5.26 Å². The van der Waals surface area contributed by atoms with E-state index < -0.39 is 0 Å². The number of hydrogen-bond acceptors (Lipinski definition) is 4. The molecular formula is C23H28N4. The van der Waals surface area contributed by atoms with Crippen LogP contribution < -0.4 is 0 Å². The SMILES string of the molecule is CC(C)c1nccc(-c2c(C#N)c(C3CCCC3)nc3c2CCCCC3)n1. The highest BCUT2D eigenvalue weighted by molar-refractivity contribution is 5.73. The molecule has 1 fully saturated rings. The Morgan fingerprint density at radius 2 is 1.81 bits per heavy atom. The van der Waals surface area contributed by atoms with Crippen molar-refractivity contribution in [2.75, 3.05) is 0 Å². The molecule has 0 N–H and O–H groups in total. The molecule has 2 aromatic rings. The minimum absolute atomic E-state index is 0.269. The van der Waals surface area contributed by atoms with E-state index in [1.165, 1.54) is 36.9 Å². The van der Waals surface area contributed by atoms with Crippen LogP contribution >= 0.6 is 0 Å². The summed E-state index contributed by atoms with van der Waals surface area (Å²) in [5.41, 5.74) is 6.25. The molecule has 27 heavy (non-hydrogen) atoms. The van der Waals surface area contributed by atoms with Gasteiger partial charge in [0.15, 0.2) is 0 Å². The summed E-state index contributed by atoms with van der Waals surface area (Å²) in [7, 11) is 0. The summed E-state index contributed by atoms with van der Waals surface area (Å²) in [4.78, 5) is 14.4. The van der Waals surface area contributed by atoms with Gasteiger partial charge in [-0.3, -0.25) is 4.98 Å². The molecular weight excluding hydrogens is 332 g/mol. The lowest BCUT2D eigenvalue weighted by Crippen LogP contribution is -2.11. The molecule has 1 saturated carbocycles. The molecule has 0 radical (unpaired) electrons. The van der Waals surface area contributed by atoms with E-state index in [1.54, 1.807) is 0 Å². The minimum atomic E-state index is 0.269. The maximum Gasteiger partial charge on any atom is 0.131 e. The fourth-order valence-electron chi connectivity index (χ4n) is 4.62. The van der Waals surface area contributed by atoms with Crippen LogP contribution in [0.5, 0.6) is 0 Å². The van der Waals surface area contributed by atoms with Gasteiger partial charge in [-0.15, -0.1) is 0 Å². The second-order valence-electron chi connectivity index (χ2n) is 8.28. The van der Waals surface area contributed by atoms with Gasteiger partial charge in [-0.1, -0.05) is 33.1 Å². The van der Waals surface area contributed by atoms with Gasteiger partial charge in [-0.05, 0) is 50.2 Å². The van der Waals surface area contributed by atoms with Crippen LogP contribution in [-0.2, 0) is 12.8 Å². The average molecular weight is 361 g/mol. The summed E-state index contributed by atoms with van der Waals surface area (Å²) in [6.07, 6.45) is 12.3. The number of aromatic nitrogens is 3. The largest absolute Gasteiger partial charge is 0.256 e. The van der Waals surface area contributed by atoms with Crippen molar-refractivity contribution in [3.63, 3.8) is 0 Å². The second-order valence-corrected chi connectivity index (χ2v) is 8.28. The third kappa shape index (κ3) is 3.48. The van der Waals surface area contributed by atoms with Crippen LogP contribution in [-0.4, -0.2) is 15.0 Å². The Morgan fingerprint density at radius 3 is 2.56 bits per heavy atom. The van der Waals surface area contributed by atoms with Crippen molar-refractivity contribution in [3.8, 4) is 17.3 Å². The van der Waals surface area contributed by atoms with E-state index in [1.807, 2.05) is 12.3 Å². The Hall–Kier alpha value is -2.28. The maximum absolute atomic E-state index is 10.1. The zero-order chi connectivity index (χ0) is 18.8. The molecule has 2 aliphatic carbocycles. The quantitative estimate of drug-likeness (QED) is 0.682. The van der Waals surface area contributed by atoms with Gasteiger partial charge >= 0.3 is 0 Å². The zero-order valence-corrected chi connectivity index (χ0v) is 16.5. The van der Waals surface area contributed by atoms with Crippen molar-refractivity contribution in [2.24, 2.45) is 0 Å². The third-order valence-corrected chi connectivity index (χ3v) is 6.05. The molecule has 0 unspecified atom stereocenters. The number of nitrogens with zero attached hydrogens (tertiary/aromatic N) is 4. The third-order valence-electron chi connectivity index (χ3n) is 6.05. The van der Waals surface area contributed by atoms with E-state index >= 15 is 0 Å². The summed E-state index contributed by atoms with van der Waals surface area (Å²) in [5.74, 6) is 1.54. The van der Waals surface area contributed by atoms with Crippen LogP contribution in [0.2, 0.25) is 0 Å². The van der Waals surface area contributed by atoms with Crippen LogP contribution in [0.15, 0.2) is 12.3 Å². The first-order chi connectivity index (χ1) is 13.2. The molecule has 0 aliphatic heterocycles. The van der Waals surface area contributed by atoms with E-state index in [9.17, 15) is 5.26 Å². The van der Waals surface area contributed by atoms with Gasteiger partial charge in [-0.2, -0.15) is 5.26 Å². The highest BCUT2D eigenvalue weighted by atomic mass is 14.9. The highest BCUT2D eigenvalue weighted by Crippen LogP contribution is 2.40. The van der Waals surface area contributed by atoms with Crippen LogP contribution in [0.1, 0.15) is 99.0 Å². The number of nitriles is 1. The lowest BCUT2D eigenvalue weighted by Gasteiger charge is -2.20. The topological polar surface area (TPSA) is 62.5 Å². The van der Waals surface area contributed by atoms with Crippen LogP contribution in [0.4, 0.5) is 0 Å². The predicted octanol–water partition coefficient (Wildman–Crippen LogP) is 5.46. The van der Waals surface area contributed by atoms with E-state index in [4.69, 9.17) is 9.97 Å². The Morgan fingerprint density at radius 1 is 1.04 bits per heavy atom. The van der Waals surface area contributed by atoms with Gasteiger partial charge in [0.1, 0.15) is 11.9 Å². The Labute approximate surface area is 162 Å². The van der Waals surface area contributed by atoms with Crippen molar-refractivity contribution in [2.45, 2.75) is 83.5 Å². The molecule has 0 amide bonds. The van der Waals surface area contributed by atoms with Crippen molar-refractivity contribution >= 4 is 0 Å². The van der Waals surface area contributed by atoms with Gasteiger partial charge in [0.05, 0.1) is 17.0 Å². The average Bonchev–Trinajstić information content (AvgIpc) is 3.12. The molecule has 2 heterocycles. The summed E-state index contributed by atoms with van der Waals surface area (Å²) < 4.78 is 0. The van der Waals surface area contributed by atoms with Gasteiger partial charge in [0.2, 0.25) is 0 Å². The van der Waals surface area contributed by atoms with E-state index in [-0.39, 0.29) is 5.92 Å². The normalized spacial score (nSPS) is 17.6. The first kappa shape index (κ1) is 18.1. The number of hydrogen-bond donors (Lipinski definition) is 0. The van der Waals surface area contributed by atoms with E-state index in [2.05, 4.69) is 24.9 Å². The molecule has 0 bridgehead atoms. The number of rotatable bonds is 3. The van der Waals surface area contributed by atoms with Crippen molar-refractivity contribution in [3.05, 3.63) is 40.6 Å². The Kier molecular flexibility index (Phi) is 5.20. The summed E-state index contributed by atoms with van der Waals surface area (Å²) in [6, 6.07) is 4.51. The standard InChI is InChI=1S/C23H28N4/c1-15(2)23-25-13-12-20(27-23)21-17-10-4-3-5-11-19(17)26-22(18(21)14-24)16-8-6-7-9-16/h12-13,15-16H,3-11H2,1-2H3. The molecule has 0 spiro atoms. The number of pyridine rings is 1. The molecule has 4 rings (SSSR count). The Bertz CT molecular complexity index is 873. The Balaban J connectivity index is 1.96. The van der Waals surface area contributed by atoms with E-state index in [0.717, 1.165) is 60.4 Å². The summed E-state index contributed by atoms with van der Waals surface area (Å²) in [5, 5.41) is 10.1. The maximum atomic E-state index is 10.1. The first-order valence-corrected chi connectivity index (χ1v) is 10.5. The van der Waals surface area contributed by atoms with E-state index in [0.29, 0.717) is 5.92 Å². The molecule has 2 aromatic heterocycles. The van der Waals surface area contributed by atoms with Crippen LogP contribution in [0, 0.1) is 11.3 Å². The molecule has 140 valence electrons. The van der Waals surface area contributed by atoms with Crippen molar-refractivity contribution in [1.82, 2.24) is 15.0 Å². The number of fused-ring (bicyclic) bond motifs is 1. The monoisotopic (exact) mass is 360 g/mol. The molecule has 4 nitrogen and oxygen atoms in total. The molecule has 0 saturated heterocycles. The molecule has 4 heteroatoms. The fraction of sp³-hybridized carbons (Fsp3) is 0.565. The second kappa shape index (κ2) is 7.76. The number of aryl methyl sites for hydroxylation is 1. The van der Waals surface area contributed by atoms with Crippen LogP contribution in [0.3, 0.4) is 0 Å². The summed E-state index contributed by atoms with van der Waals surface area (Å²) in [6.45, 7) is 4.22. The van der Waals surface area contributed by atoms with Gasteiger partial charge in [-0.25, -0.2) is 9.97 Å². The molecule has 2 aliphatic rings. The van der Waals surface area contributed by atoms with Gasteiger partial charge in [0, 0.05) is 29.3 Å². The lowest BCUT2D eigenvalue weighted by molar-refractivity contribution is 0.681. The smallest absolute Gasteiger partial charge is 0.131 e. The molecule has 0 aromatic carbocycles. The molecule has 0 atom stereocenters. The summed E-state index contributed by atoms with van der Waals surface area (Å²) >= 11 is 0. The minimum Gasteiger partial charge on any atom is -0.256 e. The van der Waals surface area contributed by atoms with Crippen LogP contribution in [0.25, 0.3) is 11.3 Å². The van der Waals surface area contributed by atoms with Crippen molar-refractivity contribution < 1.29 is 0 Å². The highest BCUT2D eigenvalue weighted by Gasteiger charge is 2.28. The van der Waals surface area contributed by atoms with Gasteiger partial charge < -0.3 is 0 Å². The fourth-order valence-corrected chi connectivity index (χ4v) is 4.62. The first-order valence-electron chi connectivity index (χ1n) is 10.5. The van der Waals surface area contributed by atoms with Gasteiger partial charge in [0.25, 0.3) is 0 Å². The predicted molar refractivity (Wildman–Crippen MR) is 107 cm³/mol. The lowest BCUT2D eigenvalue weighted by atomic mass is 9.89. The zero-order valence-electron chi connectivity index (χ0n) is 16.5.